The number of para-hydroxylation sites is 2. The molecule has 1 aromatic heterocycles. The quantitative estimate of drug-likeness (QED) is 0.528. The van der Waals surface area contributed by atoms with Crippen LogP contribution in [-0.4, -0.2) is 47.6 Å². The van der Waals surface area contributed by atoms with Crippen molar-refractivity contribution in [3.8, 4) is 5.69 Å². The lowest BCUT2D eigenvalue weighted by atomic mass is 10.1. The highest BCUT2D eigenvalue weighted by Crippen LogP contribution is 2.35. The number of hydrogen-bond acceptors (Lipinski definition) is 5. The lowest BCUT2D eigenvalue weighted by molar-refractivity contribution is -0.385. The van der Waals surface area contributed by atoms with E-state index in [1.54, 1.807) is 12.1 Å². The van der Waals surface area contributed by atoms with Crippen molar-refractivity contribution in [2.45, 2.75) is 0 Å². The van der Waals surface area contributed by atoms with Gasteiger partial charge in [0, 0.05) is 37.3 Å². The summed E-state index contributed by atoms with van der Waals surface area (Å²) in [4.78, 5) is 28.8. The van der Waals surface area contributed by atoms with Crippen LogP contribution in [-0.2, 0) is 0 Å². The summed E-state index contributed by atoms with van der Waals surface area (Å²) in [6.45, 7) is 2.90. The van der Waals surface area contributed by atoms with Gasteiger partial charge in [-0.2, -0.15) is 0 Å². The van der Waals surface area contributed by atoms with Crippen LogP contribution in [0.4, 0.5) is 11.4 Å². The second kappa shape index (κ2) is 6.85. The van der Waals surface area contributed by atoms with E-state index in [9.17, 15) is 14.9 Å². The summed E-state index contributed by atoms with van der Waals surface area (Å²) in [7, 11) is 2.03. The third-order valence-corrected chi connectivity index (χ3v) is 5.05. The molecule has 4 rings (SSSR count). The van der Waals surface area contributed by atoms with Gasteiger partial charge in [0.2, 0.25) is 0 Å². The maximum Gasteiger partial charge on any atom is 0.358 e. The largest absolute Gasteiger partial charge is 0.363 e. The zero-order chi connectivity index (χ0) is 19.0. The molecule has 0 amide bonds. The summed E-state index contributed by atoms with van der Waals surface area (Å²) >= 11 is 0. The van der Waals surface area contributed by atoms with Gasteiger partial charge in [-0.25, -0.2) is 0 Å². The topological polar surface area (TPSA) is 71.6 Å². The predicted octanol–water partition coefficient (Wildman–Crippen LogP) is 2.65. The normalized spacial score (nSPS) is 15.2. The van der Waals surface area contributed by atoms with E-state index in [0.717, 1.165) is 18.5 Å². The first kappa shape index (κ1) is 17.2. The molecule has 27 heavy (non-hydrogen) atoms. The molecule has 0 spiro atoms. The van der Waals surface area contributed by atoms with Crippen molar-refractivity contribution in [3.05, 3.63) is 75.1 Å². The molecule has 0 unspecified atom stereocenters. The van der Waals surface area contributed by atoms with Gasteiger partial charge in [-0.1, -0.05) is 36.4 Å². The van der Waals surface area contributed by atoms with Gasteiger partial charge in [0.1, 0.15) is 5.69 Å². The Bertz CT molecular complexity index is 1050. The number of aromatic nitrogens is 1. The highest BCUT2D eigenvalue weighted by atomic mass is 16.6. The third-order valence-electron chi connectivity index (χ3n) is 5.05. The molecule has 1 aliphatic rings. The number of likely N-dealkylation sites (N-methyl/N-ethyl adjacent to an activating group) is 1. The summed E-state index contributed by atoms with van der Waals surface area (Å²) in [5.74, 6) is 0. The van der Waals surface area contributed by atoms with E-state index in [0.29, 0.717) is 30.0 Å². The van der Waals surface area contributed by atoms with E-state index < -0.39 is 10.5 Å². The Kier molecular flexibility index (Phi) is 4.37. The molecule has 0 radical (unpaired) electrons. The van der Waals surface area contributed by atoms with E-state index in [2.05, 4.69) is 4.90 Å². The second-order valence-electron chi connectivity index (χ2n) is 6.74. The molecule has 3 aromatic rings. The Morgan fingerprint density at radius 2 is 1.56 bits per heavy atom. The summed E-state index contributed by atoms with van der Waals surface area (Å²) in [5, 5.41) is 12.7. The lowest BCUT2D eigenvalue weighted by Gasteiger charge is -2.34. The van der Waals surface area contributed by atoms with Gasteiger partial charge in [0.05, 0.1) is 10.4 Å². The molecule has 2 heterocycles. The second-order valence-corrected chi connectivity index (χ2v) is 6.74. The number of benzene rings is 2. The number of piperazine rings is 1. The molecule has 0 bridgehead atoms. The monoisotopic (exact) mass is 364 g/mol. The smallest absolute Gasteiger partial charge is 0.358 e. The van der Waals surface area contributed by atoms with Crippen LogP contribution in [0.15, 0.2) is 59.4 Å². The van der Waals surface area contributed by atoms with Crippen molar-refractivity contribution in [2.75, 3.05) is 38.1 Å². The number of rotatable bonds is 3. The Balaban J connectivity index is 2.06. The lowest BCUT2D eigenvalue weighted by Crippen LogP contribution is -2.45. The molecule has 1 aliphatic heterocycles. The van der Waals surface area contributed by atoms with E-state index in [1.807, 2.05) is 54.4 Å². The Morgan fingerprint density at radius 3 is 2.22 bits per heavy atom. The molecule has 0 atom stereocenters. The highest BCUT2D eigenvalue weighted by Gasteiger charge is 2.31. The number of nitrogens with zero attached hydrogens (tertiary/aromatic N) is 4. The number of anilines is 1. The standard InChI is InChI=1S/C20H20N4O3/c1-21-11-13-22(14-12-21)18-16-9-5-6-10-17(16)23(15-7-3-2-4-8-15)20(25)19(18)24(26)27/h2-10H,11-14H2,1H3. The van der Waals surface area contributed by atoms with Crippen LogP contribution in [0.1, 0.15) is 0 Å². The van der Waals surface area contributed by atoms with Crippen LogP contribution in [0.25, 0.3) is 16.6 Å². The fraction of sp³-hybridized carbons (Fsp3) is 0.250. The van der Waals surface area contributed by atoms with Crippen molar-refractivity contribution < 1.29 is 4.92 Å². The van der Waals surface area contributed by atoms with Gasteiger partial charge in [-0.3, -0.25) is 19.5 Å². The number of nitro groups is 1. The number of fused-ring (bicyclic) bond motifs is 1. The van der Waals surface area contributed by atoms with Crippen molar-refractivity contribution in [3.63, 3.8) is 0 Å². The fourth-order valence-electron chi connectivity index (χ4n) is 3.66. The molecule has 1 fully saturated rings. The first-order valence-electron chi connectivity index (χ1n) is 8.89. The van der Waals surface area contributed by atoms with Gasteiger partial charge in [0.15, 0.2) is 0 Å². The van der Waals surface area contributed by atoms with Crippen LogP contribution in [0.5, 0.6) is 0 Å². The van der Waals surface area contributed by atoms with E-state index in [1.165, 1.54) is 4.57 Å². The first-order valence-corrected chi connectivity index (χ1v) is 8.89. The van der Waals surface area contributed by atoms with E-state index in [-0.39, 0.29) is 5.69 Å². The third kappa shape index (κ3) is 2.96. The minimum atomic E-state index is -0.598. The molecule has 0 saturated carbocycles. The highest BCUT2D eigenvalue weighted by molar-refractivity contribution is 5.97. The Morgan fingerprint density at radius 1 is 0.926 bits per heavy atom. The predicted molar refractivity (Wildman–Crippen MR) is 106 cm³/mol. The van der Waals surface area contributed by atoms with Gasteiger partial charge < -0.3 is 9.80 Å². The van der Waals surface area contributed by atoms with Gasteiger partial charge >= 0.3 is 11.2 Å². The van der Waals surface area contributed by atoms with E-state index >= 15 is 0 Å². The van der Waals surface area contributed by atoms with Gasteiger partial charge in [0.25, 0.3) is 0 Å². The maximum atomic E-state index is 13.2. The SMILES string of the molecule is CN1CCN(c2c([N+](=O)[O-])c(=O)n(-c3ccccc3)c3ccccc23)CC1. The molecule has 0 N–H and O–H groups in total. The summed E-state index contributed by atoms with van der Waals surface area (Å²) in [6.07, 6.45) is 0. The Labute approximate surface area is 156 Å². The van der Waals surface area contributed by atoms with E-state index in [4.69, 9.17) is 0 Å². The van der Waals surface area contributed by atoms with Crippen LogP contribution in [0.3, 0.4) is 0 Å². The number of hydrogen-bond donors (Lipinski definition) is 0. The molecular formula is C20H20N4O3. The summed E-state index contributed by atoms with van der Waals surface area (Å²) in [6, 6.07) is 16.4. The van der Waals surface area contributed by atoms with Crippen LogP contribution in [0.2, 0.25) is 0 Å². The van der Waals surface area contributed by atoms with Crippen molar-refractivity contribution in [2.24, 2.45) is 0 Å². The summed E-state index contributed by atoms with van der Waals surface area (Å²) in [5.41, 5.74) is 0.766. The zero-order valence-electron chi connectivity index (χ0n) is 15.0. The fourth-order valence-corrected chi connectivity index (χ4v) is 3.66. The van der Waals surface area contributed by atoms with Crippen LogP contribution >= 0.6 is 0 Å². The molecule has 7 heteroatoms. The van der Waals surface area contributed by atoms with Crippen molar-refractivity contribution in [1.29, 1.82) is 0 Å². The summed E-state index contributed by atoms with van der Waals surface area (Å²) < 4.78 is 1.44. The molecular weight excluding hydrogens is 344 g/mol. The molecule has 1 saturated heterocycles. The average molecular weight is 364 g/mol. The van der Waals surface area contributed by atoms with Gasteiger partial charge in [-0.05, 0) is 25.2 Å². The Hall–Kier alpha value is -3.19. The minimum absolute atomic E-state index is 0.359. The van der Waals surface area contributed by atoms with Crippen molar-refractivity contribution >= 4 is 22.3 Å². The van der Waals surface area contributed by atoms with Crippen LogP contribution in [0, 0.1) is 10.1 Å². The average Bonchev–Trinajstić information content (AvgIpc) is 2.68. The van der Waals surface area contributed by atoms with Crippen molar-refractivity contribution in [1.82, 2.24) is 9.47 Å². The molecule has 7 nitrogen and oxygen atoms in total. The molecule has 138 valence electrons. The molecule has 0 aliphatic carbocycles. The van der Waals surface area contributed by atoms with Gasteiger partial charge in [-0.15, -0.1) is 0 Å². The molecule has 2 aromatic carbocycles. The number of pyridine rings is 1. The minimum Gasteiger partial charge on any atom is -0.363 e. The first-order chi connectivity index (χ1) is 13.1. The zero-order valence-corrected chi connectivity index (χ0v) is 15.0. The van der Waals surface area contributed by atoms with Crippen LogP contribution < -0.4 is 10.5 Å². The maximum absolute atomic E-state index is 13.2.